The summed E-state index contributed by atoms with van der Waals surface area (Å²) in [5.74, 6) is 0.896. The van der Waals surface area contributed by atoms with Crippen molar-refractivity contribution >= 4 is 27.3 Å². The normalized spacial score (nSPS) is 11.2. The monoisotopic (exact) mass is 468 g/mol. The van der Waals surface area contributed by atoms with Crippen molar-refractivity contribution in [2.45, 2.75) is 24.7 Å². The first-order chi connectivity index (χ1) is 15.7. The summed E-state index contributed by atoms with van der Waals surface area (Å²) in [5, 5.41) is 2.86. The molecule has 8 heteroatoms. The number of hydrogen-bond donors (Lipinski definition) is 1. The highest BCUT2D eigenvalue weighted by molar-refractivity contribution is 7.92. The van der Waals surface area contributed by atoms with Crippen LogP contribution in [0.4, 0.5) is 11.4 Å². The van der Waals surface area contributed by atoms with Crippen LogP contribution in [0.15, 0.2) is 71.6 Å². The van der Waals surface area contributed by atoms with Crippen LogP contribution in [0.25, 0.3) is 0 Å². The van der Waals surface area contributed by atoms with E-state index in [0.29, 0.717) is 34.4 Å². The van der Waals surface area contributed by atoms with Gasteiger partial charge in [0.15, 0.2) is 11.5 Å². The van der Waals surface area contributed by atoms with Crippen molar-refractivity contribution in [2.75, 3.05) is 30.9 Å². The third-order valence-electron chi connectivity index (χ3n) is 5.34. The van der Waals surface area contributed by atoms with Gasteiger partial charge in [-0.2, -0.15) is 0 Å². The molecule has 1 amide bonds. The first kappa shape index (κ1) is 24.1. The highest BCUT2D eigenvalue weighted by Gasteiger charge is 2.23. The van der Waals surface area contributed by atoms with Crippen molar-refractivity contribution < 1.29 is 22.7 Å². The maximum absolute atomic E-state index is 13.1. The number of nitrogens with one attached hydrogen (secondary N) is 1. The van der Waals surface area contributed by atoms with Gasteiger partial charge in [0.1, 0.15) is 0 Å². The predicted molar refractivity (Wildman–Crippen MR) is 130 cm³/mol. The van der Waals surface area contributed by atoms with Crippen molar-refractivity contribution in [1.82, 2.24) is 0 Å². The second-order valence-electron chi connectivity index (χ2n) is 7.77. The summed E-state index contributed by atoms with van der Waals surface area (Å²) in [6, 6.07) is 18.5. The van der Waals surface area contributed by atoms with Crippen LogP contribution in [0.2, 0.25) is 0 Å². The smallest absolute Gasteiger partial charge is 0.264 e. The van der Waals surface area contributed by atoms with E-state index in [2.05, 4.69) is 19.2 Å². The Balaban J connectivity index is 1.76. The standard InChI is InChI=1S/C25H28N2O5S/c1-17(2)18-6-10-20(11-7-18)26-25(28)19-8-12-21(13-9-19)27(3)33(29,30)22-14-15-23(31-4)24(16-22)32-5/h6-17H,1-5H3,(H,26,28). The van der Waals surface area contributed by atoms with E-state index in [9.17, 15) is 13.2 Å². The van der Waals surface area contributed by atoms with Crippen LogP contribution < -0.4 is 19.1 Å². The van der Waals surface area contributed by atoms with Crippen molar-refractivity contribution in [2.24, 2.45) is 0 Å². The van der Waals surface area contributed by atoms with Gasteiger partial charge in [-0.15, -0.1) is 0 Å². The zero-order chi connectivity index (χ0) is 24.2. The number of anilines is 2. The van der Waals surface area contributed by atoms with E-state index >= 15 is 0 Å². The molecule has 0 saturated heterocycles. The highest BCUT2D eigenvalue weighted by Crippen LogP contribution is 2.31. The summed E-state index contributed by atoms with van der Waals surface area (Å²) in [5.41, 5.74) is 2.73. The van der Waals surface area contributed by atoms with Gasteiger partial charge in [0, 0.05) is 24.4 Å². The van der Waals surface area contributed by atoms with E-state index < -0.39 is 10.0 Å². The number of nitrogens with zero attached hydrogens (tertiary/aromatic N) is 1. The summed E-state index contributed by atoms with van der Waals surface area (Å²) in [6.07, 6.45) is 0. The lowest BCUT2D eigenvalue weighted by molar-refractivity contribution is 0.102. The molecule has 0 unspecified atom stereocenters. The molecule has 0 heterocycles. The molecular weight excluding hydrogens is 440 g/mol. The Morgan fingerprint density at radius 2 is 1.48 bits per heavy atom. The number of amides is 1. The fraction of sp³-hybridized carbons (Fsp3) is 0.240. The van der Waals surface area contributed by atoms with Gasteiger partial charge in [0.05, 0.1) is 24.8 Å². The topological polar surface area (TPSA) is 84.9 Å². The minimum absolute atomic E-state index is 0.0642. The average molecular weight is 469 g/mol. The minimum atomic E-state index is -3.85. The molecule has 0 atom stereocenters. The maximum Gasteiger partial charge on any atom is 0.264 e. The zero-order valence-electron chi connectivity index (χ0n) is 19.3. The van der Waals surface area contributed by atoms with Gasteiger partial charge < -0.3 is 14.8 Å². The quantitative estimate of drug-likeness (QED) is 0.508. The van der Waals surface area contributed by atoms with Crippen LogP contribution in [0.5, 0.6) is 11.5 Å². The highest BCUT2D eigenvalue weighted by atomic mass is 32.2. The molecular formula is C25H28N2O5S. The molecule has 0 aromatic heterocycles. The Labute approximate surface area is 195 Å². The molecule has 0 radical (unpaired) electrons. The lowest BCUT2D eigenvalue weighted by Crippen LogP contribution is -2.26. The van der Waals surface area contributed by atoms with Crippen LogP contribution in [-0.4, -0.2) is 35.6 Å². The molecule has 0 fully saturated rings. The number of methoxy groups -OCH3 is 2. The van der Waals surface area contributed by atoms with Gasteiger partial charge in [-0.05, 0) is 60.0 Å². The molecule has 0 saturated carbocycles. The molecule has 3 rings (SSSR count). The maximum atomic E-state index is 13.1. The number of carbonyl (C=O) groups is 1. The summed E-state index contributed by atoms with van der Waals surface area (Å²) in [7, 11) is 0.538. The average Bonchev–Trinajstić information content (AvgIpc) is 2.83. The van der Waals surface area contributed by atoms with Crippen LogP contribution in [0, 0.1) is 0 Å². The lowest BCUT2D eigenvalue weighted by Gasteiger charge is -2.20. The lowest BCUT2D eigenvalue weighted by atomic mass is 10.0. The first-order valence-electron chi connectivity index (χ1n) is 10.4. The van der Waals surface area contributed by atoms with Crippen LogP contribution in [-0.2, 0) is 10.0 Å². The largest absolute Gasteiger partial charge is 0.493 e. The molecule has 33 heavy (non-hydrogen) atoms. The molecule has 0 aliphatic carbocycles. The van der Waals surface area contributed by atoms with Crippen molar-refractivity contribution in [3.05, 3.63) is 77.9 Å². The molecule has 1 N–H and O–H groups in total. The number of ether oxygens (including phenoxy) is 2. The van der Waals surface area contributed by atoms with Crippen molar-refractivity contribution in [3.8, 4) is 11.5 Å². The molecule has 7 nitrogen and oxygen atoms in total. The van der Waals surface area contributed by atoms with Gasteiger partial charge in [0.25, 0.3) is 15.9 Å². The van der Waals surface area contributed by atoms with Crippen molar-refractivity contribution in [3.63, 3.8) is 0 Å². The summed E-state index contributed by atoms with van der Waals surface area (Å²) in [6.45, 7) is 4.22. The molecule has 0 spiro atoms. The van der Waals surface area contributed by atoms with E-state index in [0.717, 1.165) is 4.31 Å². The van der Waals surface area contributed by atoms with E-state index in [1.807, 2.05) is 24.3 Å². The van der Waals surface area contributed by atoms with Gasteiger partial charge in [0.2, 0.25) is 0 Å². The Hall–Kier alpha value is -3.52. The van der Waals surface area contributed by atoms with E-state index in [1.165, 1.54) is 39.0 Å². The summed E-state index contributed by atoms with van der Waals surface area (Å²) < 4.78 is 37.7. The van der Waals surface area contributed by atoms with Gasteiger partial charge in [-0.1, -0.05) is 26.0 Å². The molecule has 0 aliphatic rings. The van der Waals surface area contributed by atoms with Crippen molar-refractivity contribution in [1.29, 1.82) is 0 Å². The number of hydrogen-bond acceptors (Lipinski definition) is 5. The molecule has 3 aromatic carbocycles. The zero-order valence-corrected chi connectivity index (χ0v) is 20.1. The number of benzene rings is 3. The predicted octanol–water partition coefficient (Wildman–Crippen LogP) is 4.90. The van der Waals surface area contributed by atoms with Gasteiger partial charge in [-0.25, -0.2) is 8.42 Å². The number of carbonyl (C=O) groups excluding carboxylic acids is 1. The SMILES string of the molecule is COc1ccc(S(=O)(=O)N(C)c2ccc(C(=O)Nc3ccc(C(C)C)cc3)cc2)cc1OC. The Bertz CT molecular complexity index is 1220. The minimum Gasteiger partial charge on any atom is -0.493 e. The van der Waals surface area contributed by atoms with E-state index in [4.69, 9.17) is 9.47 Å². The van der Waals surface area contributed by atoms with Gasteiger partial charge in [-0.3, -0.25) is 9.10 Å². The van der Waals surface area contributed by atoms with Crippen LogP contribution >= 0.6 is 0 Å². The molecule has 174 valence electrons. The second kappa shape index (κ2) is 9.95. The molecule has 0 aliphatic heterocycles. The van der Waals surface area contributed by atoms with Crippen LogP contribution in [0.3, 0.4) is 0 Å². The molecule has 3 aromatic rings. The number of rotatable bonds is 8. The van der Waals surface area contributed by atoms with Crippen LogP contribution in [0.1, 0.15) is 35.7 Å². The Morgan fingerprint density at radius 1 is 0.879 bits per heavy atom. The summed E-state index contributed by atoms with van der Waals surface area (Å²) >= 11 is 0. The molecule has 0 bridgehead atoms. The van der Waals surface area contributed by atoms with E-state index in [-0.39, 0.29) is 10.8 Å². The summed E-state index contributed by atoms with van der Waals surface area (Å²) in [4.78, 5) is 12.7. The second-order valence-corrected chi connectivity index (χ2v) is 9.74. The first-order valence-corrected chi connectivity index (χ1v) is 11.8. The fourth-order valence-electron chi connectivity index (χ4n) is 3.25. The van der Waals surface area contributed by atoms with E-state index in [1.54, 1.807) is 30.3 Å². The Kier molecular flexibility index (Phi) is 7.28. The Morgan fingerprint density at radius 3 is 2.03 bits per heavy atom. The third kappa shape index (κ3) is 5.28. The number of sulfonamides is 1. The fourth-order valence-corrected chi connectivity index (χ4v) is 4.46. The third-order valence-corrected chi connectivity index (χ3v) is 7.12. The van der Waals surface area contributed by atoms with Gasteiger partial charge >= 0.3 is 0 Å².